The molecular weight excluding hydrogens is 410 g/mol. The first-order valence-electron chi connectivity index (χ1n) is 6.41. The van der Waals surface area contributed by atoms with Crippen LogP contribution in [0.4, 0.5) is 0 Å². The molecule has 1 aromatic rings. The van der Waals surface area contributed by atoms with Gasteiger partial charge in [-0.2, -0.15) is 0 Å². The van der Waals surface area contributed by atoms with E-state index in [0.29, 0.717) is 4.88 Å². The van der Waals surface area contributed by atoms with Gasteiger partial charge in [0.2, 0.25) is 0 Å². The van der Waals surface area contributed by atoms with Gasteiger partial charge in [0.1, 0.15) is 0 Å². The van der Waals surface area contributed by atoms with Gasteiger partial charge < -0.3 is 10.4 Å². The summed E-state index contributed by atoms with van der Waals surface area (Å²) in [6, 6.07) is 1.75. The van der Waals surface area contributed by atoms with Crippen LogP contribution in [0.15, 0.2) is 14.3 Å². The molecule has 0 aromatic carbocycles. The molecule has 0 unspecified atom stereocenters. The van der Waals surface area contributed by atoms with Crippen LogP contribution in [-0.2, 0) is 4.79 Å². The molecule has 1 heterocycles. The van der Waals surface area contributed by atoms with Gasteiger partial charge in [0, 0.05) is 4.47 Å². The minimum Gasteiger partial charge on any atom is -0.481 e. The zero-order valence-corrected chi connectivity index (χ0v) is 14.7. The highest BCUT2D eigenvalue weighted by atomic mass is 79.9. The first-order valence-corrected chi connectivity index (χ1v) is 8.81. The molecule has 2 N–H and O–H groups in total. The van der Waals surface area contributed by atoms with E-state index in [1.54, 1.807) is 6.07 Å². The lowest BCUT2D eigenvalue weighted by molar-refractivity contribution is -0.139. The first kappa shape index (κ1) is 16.0. The smallest absolute Gasteiger partial charge is 0.305 e. The van der Waals surface area contributed by atoms with E-state index in [1.807, 2.05) is 0 Å². The van der Waals surface area contributed by atoms with Crippen molar-refractivity contribution in [2.24, 2.45) is 0 Å². The lowest BCUT2D eigenvalue weighted by atomic mass is 9.79. The van der Waals surface area contributed by atoms with Crippen LogP contribution in [0, 0.1) is 0 Å². The summed E-state index contributed by atoms with van der Waals surface area (Å²) in [4.78, 5) is 24.0. The van der Waals surface area contributed by atoms with Gasteiger partial charge in [-0.3, -0.25) is 9.59 Å². The molecule has 7 heteroatoms. The van der Waals surface area contributed by atoms with E-state index in [0.717, 1.165) is 40.4 Å². The van der Waals surface area contributed by atoms with Crippen molar-refractivity contribution < 1.29 is 14.7 Å². The van der Waals surface area contributed by atoms with Crippen LogP contribution in [-0.4, -0.2) is 22.5 Å². The fourth-order valence-corrected chi connectivity index (χ4v) is 4.56. The summed E-state index contributed by atoms with van der Waals surface area (Å²) in [6.45, 7) is 0. The predicted octanol–water partition coefficient (Wildman–Crippen LogP) is 4.18. The Bertz CT molecular complexity index is 504. The lowest BCUT2D eigenvalue weighted by Crippen LogP contribution is -2.50. The maximum absolute atomic E-state index is 12.3. The second kappa shape index (κ2) is 6.58. The van der Waals surface area contributed by atoms with E-state index in [-0.39, 0.29) is 12.3 Å². The average molecular weight is 425 g/mol. The van der Waals surface area contributed by atoms with Gasteiger partial charge in [-0.15, -0.1) is 11.3 Å². The van der Waals surface area contributed by atoms with E-state index in [1.165, 1.54) is 11.3 Å². The van der Waals surface area contributed by atoms with Crippen molar-refractivity contribution in [1.29, 1.82) is 0 Å². The second-order valence-electron chi connectivity index (χ2n) is 5.10. The van der Waals surface area contributed by atoms with Crippen LogP contribution < -0.4 is 5.32 Å². The number of rotatable bonds is 4. The number of hydrogen-bond donors (Lipinski definition) is 2. The molecule has 1 aliphatic carbocycles. The molecular formula is C13H15Br2NO3S. The Hall–Kier alpha value is -0.400. The van der Waals surface area contributed by atoms with Gasteiger partial charge in [-0.1, -0.05) is 19.3 Å². The number of carbonyl (C=O) groups is 2. The van der Waals surface area contributed by atoms with Crippen molar-refractivity contribution >= 4 is 55.1 Å². The zero-order valence-electron chi connectivity index (χ0n) is 10.7. The number of amides is 1. The third-order valence-electron chi connectivity index (χ3n) is 3.55. The van der Waals surface area contributed by atoms with Crippen LogP contribution in [0.2, 0.25) is 0 Å². The summed E-state index contributed by atoms with van der Waals surface area (Å²) in [7, 11) is 0. The largest absolute Gasteiger partial charge is 0.481 e. The Balaban J connectivity index is 2.14. The fourth-order valence-electron chi connectivity index (χ4n) is 2.62. The van der Waals surface area contributed by atoms with Crippen LogP contribution in [0.3, 0.4) is 0 Å². The summed E-state index contributed by atoms with van der Waals surface area (Å²) in [5.41, 5.74) is -0.593. The van der Waals surface area contributed by atoms with Crippen molar-refractivity contribution in [3.8, 4) is 0 Å². The highest BCUT2D eigenvalue weighted by Crippen LogP contribution is 2.35. The summed E-state index contributed by atoms with van der Waals surface area (Å²) >= 11 is 8.05. The SMILES string of the molecule is O=C(O)CC1(NC(=O)c2cc(Br)c(Br)s2)CCCCC1. The third-order valence-corrected chi connectivity index (χ3v) is 6.80. The molecule has 1 aromatic heterocycles. The molecule has 4 nitrogen and oxygen atoms in total. The maximum atomic E-state index is 12.3. The number of carbonyl (C=O) groups excluding carboxylic acids is 1. The molecule has 20 heavy (non-hydrogen) atoms. The van der Waals surface area contributed by atoms with E-state index in [2.05, 4.69) is 37.2 Å². The van der Waals surface area contributed by atoms with Crippen molar-refractivity contribution in [2.75, 3.05) is 0 Å². The topological polar surface area (TPSA) is 66.4 Å². The summed E-state index contributed by atoms with van der Waals surface area (Å²) in [5.74, 6) is -1.05. The molecule has 1 aliphatic rings. The normalized spacial score (nSPS) is 17.7. The van der Waals surface area contributed by atoms with Crippen molar-refractivity contribution in [3.05, 3.63) is 19.2 Å². The first-order chi connectivity index (χ1) is 9.42. The number of carboxylic acids is 1. The minimum atomic E-state index is -0.860. The predicted molar refractivity (Wildman–Crippen MR) is 85.3 cm³/mol. The van der Waals surface area contributed by atoms with Crippen LogP contribution >= 0.6 is 43.2 Å². The Labute approximate surface area is 138 Å². The molecule has 0 saturated heterocycles. The molecule has 2 rings (SSSR count). The molecule has 0 bridgehead atoms. The molecule has 0 aliphatic heterocycles. The Kier molecular flexibility index (Phi) is 5.25. The van der Waals surface area contributed by atoms with E-state index < -0.39 is 11.5 Å². The highest BCUT2D eigenvalue weighted by molar-refractivity contribution is 9.13. The number of thiophene rings is 1. The fraction of sp³-hybridized carbons (Fsp3) is 0.538. The quantitative estimate of drug-likeness (QED) is 0.761. The monoisotopic (exact) mass is 423 g/mol. The van der Waals surface area contributed by atoms with Gasteiger partial charge in [0.05, 0.1) is 20.6 Å². The van der Waals surface area contributed by atoms with Crippen LogP contribution in [0.25, 0.3) is 0 Å². The third kappa shape index (κ3) is 3.83. The summed E-state index contributed by atoms with van der Waals surface area (Å²) in [6.07, 6.45) is 4.49. The molecule has 1 fully saturated rings. The number of hydrogen-bond acceptors (Lipinski definition) is 3. The molecule has 0 atom stereocenters. The molecule has 0 radical (unpaired) electrons. The summed E-state index contributed by atoms with van der Waals surface area (Å²) < 4.78 is 1.70. The second-order valence-corrected chi connectivity index (χ2v) is 8.32. The Morgan fingerprint density at radius 1 is 1.30 bits per heavy atom. The Morgan fingerprint density at radius 3 is 2.45 bits per heavy atom. The van der Waals surface area contributed by atoms with Crippen LogP contribution in [0.1, 0.15) is 48.2 Å². The van der Waals surface area contributed by atoms with E-state index >= 15 is 0 Å². The molecule has 110 valence electrons. The van der Waals surface area contributed by atoms with Gasteiger partial charge in [0.15, 0.2) is 0 Å². The lowest BCUT2D eigenvalue weighted by Gasteiger charge is -2.36. The van der Waals surface area contributed by atoms with Crippen molar-refractivity contribution in [1.82, 2.24) is 5.32 Å². The minimum absolute atomic E-state index is 0.00749. The molecule has 0 spiro atoms. The number of aliphatic carboxylic acids is 1. The molecule has 1 amide bonds. The number of carboxylic acid groups (broad SMARTS) is 1. The highest BCUT2D eigenvalue weighted by Gasteiger charge is 2.36. The average Bonchev–Trinajstić information content (AvgIpc) is 2.69. The standard InChI is InChI=1S/C13H15Br2NO3S/c14-8-6-9(20-11(8)15)12(19)16-13(7-10(17)18)4-2-1-3-5-13/h6H,1-5,7H2,(H,16,19)(H,17,18). The van der Waals surface area contributed by atoms with Gasteiger partial charge in [-0.25, -0.2) is 0 Å². The van der Waals surface area contributed by atoms with Gasteiger partial charge >= 0.3 is 5.97 Å². The number of nitrogens with one attached hydrogen (secondary N) is 1. The van der Waals surface area contributed by atoms with Crippen molar-refractivity contribution in [2.45, 2.75) is 44.1 Å². The molecule has 1 saturated carbocycles. The van der Waals surface area contributed by atoms with Gasteiger partial charge in [-0.05, 0) is 50.8 Å². The Morgan fingerprint density at radius 2 is 1.95 bits per heavy atom. The maximum Gasteiger partial charge on any atom is 0.305 e. The number of halogens is 2. The van der Waals surface area contributed by atoms with Crippen LogP contribution in [0.5, 0.6) is 0 Å². The van der Waals surface area contributed by atoms with E-state index in [4.69, 9.17) is 5.11 Å². The summed E-state index contributed by atoms with van der Waals surface area (Å²) in [5, 5.41) is 12.1. The van der Waals surface area contributed by atoms with Crippen molar-refractivity contribution in [3.63, 3.8) is 0 Å². The van der Waals surface area contributed by atoms with E-state index in [9.17, 15) is 9.59 Å². The van der Waals surface area contributed by atoms with Gasteiger partial charge in [0.25, 0.3) is 5.91 Å². The zero-order chi connectivity index (χ0) is 14.8.